The summed E-state index contributed by atoms with van der Waals surface area (Å²) in [6.45, 7) is 2.40. The van der Waals surface area contributed by atoms with Crippen LogP contribution in [0, 0.1) is 5.82 Å². The van der Waals surface area contributed by atoms with Crippen molar-refractivity contribution in [2.75, 3.05) is 26.2 Å². The van der Waals surface area contributed by atoms with Gasteiger partial charge in [0, 0.05) is 44.3 Å². The van der Waals surface area contributed by atoms with Crippen molar-refractivity contribution in [2.45, 2.75) is 11.4 Å². The highest BCUT2D eigenvalue weighted by molar-refractivity contribution is 7.89. The fraction of sp³-hybridized carbons (Fsp3) is 0.250. The summed E-state index contributed by atoms with van der Waals surface area (Å²) in [6.07, 6.45) is 1.77. The maximum Gasteiger partial charge on any atom is 0.246 e. The van der Waals surface area contributed by atoms with Crippen molar-refractivity contribution in [1.29, 1.82) is 0 Å². The molecule has 0 radical (unpaired) electrons. The van der Waals surface area contributed by atoms with Gasteiger partial charge in [-0.3, -0.25) is 9.88 Å². The van der Waals surface area contributed by atoms with E-state index in [2.05, 4.69) is 9.88 Å². The fourth-order valence-corrected chi connectivity index (χ4v) is 5.23. The Balaban J connectivity index is 1.48. The lowest BCUT2D eigenvalue weighted by Gasteiger charge is -2.34. The van der Waals surface area contributed by atoms with E-state index in [-0.39, 0.29) is 9.92 Å². The summed E-state index contributed by atoms with van der Waals surface area (Å²) in [4.78, 5) is 6.29. The normalized spacial score (nSPS) is 16.5. The van der Waals surface area contributed by atoms with Crippen LogP contribution in [0.4, 0.5) is 4.39 Å². The van der Waals surface area contributed by atoms with E-state index in [1.165, 1.54) is 22.5 Å². The van der Waals surface area contributed by atoms with Gasteiger partial charge in [0.2, 0.25) is 10.0 Å². The molecule has 5 nitrogen and oxygen atoms in total. The van der Waals surface area contributed by atoms with E-state index < -0.39 is 15.8 Å². The molecule has 0 bridgehead atoms. The summed E-state index contributed by atoms with van der Waals surface area (Å²) in [5.74, 6) is -0.895. The largest absolute Gasteiger partial charge is 0.296 e. The number of nitrogens with zero attached hydrogens (tertiary/aromatic N) is 3. The molecule has 3 aromatic rings. The number of hydrogen-bond acceptors (Lipinski definition) is 4. The van der Waals surface area contributed by atoms with Crippen molar-refractivity contribution in [1.82, 2.24) is 14.2 Å². The Kier molecular flexibility index (Phi) is 5.33. The van der Waals surface area contributed by atoms with E-state index >= 15 is 0 Å². The molecule has 8 heteroatoms. The van der Waals surface area contributed by atoms with E-state index in [4.69, 9.17) is 11.6 Å². The Morgan fingerprint density at radius 1 is 1.00 bits per heavy atom. The zero-order valence-corrected chi connectivity index (χ0v) is 16.6. The second kappa shape index (κ2) is 7.75. The zero-order valence-electron chi connectivity index (χ0n) is 15.1. The third-order valence-corrected chi connectivity index (χ3v) is 7.18. The Morgan fingerprint density at radius 2 is 1.71 bits per heavy atom. The third-order valence-electron chi connectivity index (χ3n) is 4.98. The van der Waals surface area contributed by atoms with Gasteiger partial charge in [-0.05, 0) is 23.8 Å². The van der Waals surface area contributed by atoms with Gasteiger partial charge in [0.25, 0.3) is 0 Å². The van der Waals surface area contributed by atoms with Crippen LogP contribution in [0.25, 0.3) is 10.9 Å². The van der Waals surface area contributed by atoms with E-state index in [0.717, 1.165) is 16.5 Å². The molecule has 0 amide bonds. The maximum absolute atomic E-state index is 14.2. The SMILES string of the molecule is O=S(=O)(c1cccc(Cl)c1F)N1CCN(Cc2cccc3cccnc23)CC1. The number of para-hydroxylation sites is 1. The number of halogens is 2. The quantitative estimate of drug-likeness (QED) is 0.649. The molecule has 2 heterocycles. The van der Waals surface area contributed by atoms with Crippen LogP contribution < -0.4 is 0 Å². The molecule has 0 spiro atoms. The highest BCUT2D eigenvalue weighted by atomic mass is 35.5. The third kappa shape index (κ3) is 3.63. The first kappa shape index (κ1) is 19.3. The summed E-state index contributed by atoms with van der Waals surface area (Å²) in [5, 5.41) is 0.890. The molecule has 1 aliphatic heterocycles. The Hall–Kier alpha value is -2.06. The molecule has 0 unspecified atom stereocenters. The van der Waals surface area contributed by atoms with E-state index in [1.54, 1.807) is 6.20 Å². The number of piperazine rings is 1. The second-order valence-corrected chi connectivity index (χ2v) is 9.04. The van der Waals surface area contributed by atoms with Crippen molar-refractivity contribution >= 4 is 32.5 Å². The molecule has 0 aliphatic carbocycles. The van der Waals surface area contributed by atoms with Crippen LogP contribution in [0.15, 0.2) is 59.6 Å². The molecule has 0 N–H and O–H groups in total. The lowest BCUT2D eigenvalue weighted by Crippen LogP contribution is -2.48. The first-order valence-corrected chi connectivity index (χ1v) is 10.8. The highest BCUT2D eigenvalue weighted by Crippen LogP contribution is 2.26. The number of pyridine rings is 1. The number of sulfonamides is 1. The predicted molar refractivity (Wildman–Crippen MR) is 107 cm³/mol. The Morgan fingerprint density at radius 3 is 2.50 bits per heavy atom. The summed E-state index contributed by atoms with van der Waals surface area (Å²) in [5.41, 5.74) is 2.07. The van der Waals surface area contributed by atoms with Crippen LogP contribution in [-0.2, 0) is 16.6 Å². The van der Waals surface area contributed by atoms with Gasteiger partial charge < -0.3 is 0 Å². The van der Waals surface area contributed by atoms with Gasteiger partial charge in [-0.25, -0.2) is 12.8 Å². The van der Waals surface area contributed by atoms with Crippen LogP contribution in [0.1, 0.15) is 5.56 Å². The van der Waals surface area contributed by atoms with Gasteiger partial charge in [-0.2, -0.15) is 4.31 Å². The standard InChI is InChI=1S/C20H19ClFN3O2S/c21-17-7-2-8-18(19(17)22)28(26,27)25-12-10-24(11-13-25)14-16-5-1-4-15-6-3-9-23-20(15)16/h1-9H,10-14H2. The molecule has 1 saturated heterocycles. The van der Waals surface area contributed by atoms with Gasteiger partial charge in [-0.1, -0.05) is 41.9 Å². The summed E-state index contributed by atoms with van der Waals surface area (Å²) < 4.78 is 41.1. The predicted octanol–water partition coefficient (Wildman–Crippen LogP) is 3.53. The molecule has 1 aliphatic rings. The van der Waals surface area contributed by atoms with Gasteiger partial charge in [0.1, 0.15) is 4.90 Å². The van der Waals surface area contributed by atoms with Crippen molar-refractivity contribution in [3.8, 4) is 0 Å². The maximum atomic E-state index is 14.2. The molecule has 2 aromatic carbocycles. The molecule has 1 aromatic heterocycles. The molecule has 4 rings (SSSR count). The van der Waals surface area contributed by atoms with Crippen LogP contribution in [-0.4, -0.2) is 48.8 Å². The number of fused-ring (bicyclic) bond motifs is 1. The molecule has 28 heavy (non-hydrogen) atoms. The van der Waals surface area contributed by atoms with Gasteiger partial charge in [0.05, 0.1) is 10.5 Å². The highest BCUT2D eigenvalue weighted by Gasteiger charge is 2.31. The van der Waals surface area contributed by atoms with Gasteiger partial charge >= 0.3 is 0 Å². The minimum atomic E-state index is -3.91. The van der Waals surface area contributed by atoms with Crippen LogP contribution >= 0.6 is 11.6 Å². The summed E-state index contributed by atoms with van der Waals surface area (Å²) in [6, 6.07) is 14.0. The van der Waals surface area contributed by atoms with Crippen molar-refractivity contribution in [3.63, 3.8) is 0 Å². The number of rotatable bonds is 4. The minimum Gasteiger partial charge on any atom is -0.296 e. The first-order chi connectivity index (χ1) is 13.5. The topological polar surface area (TPSA) is 53.5 Å². The van der Waals surface area contributed by atoms with Crippen molar-refractivity contribution < 1.29 is 12.8 Å². The van der Waals surface area contributed by atoms with Crippen molar-refractivity contribution in [3.05, 3.63) is 71.1 Å². The number of hydrogen-bond donors (Lipinski definition) is 0. The van der Waals surface area contributed by atoms with Gasteiger partial charge in [-0.15, -0.1) is 0 Å². The molecule has 1 fully saturated rings. The molecular weight excluding hydrogens is 401 g/mol. The van der Waals surface area contributed by atoms with Crippen LogP contribution in [0.5, 0.6) is 0 Å². The summed E-state index contributed by atoms with van der Waals surface area (Å²) in [7, 11) is -3.91. The lowest BCUT2D eigenvalue weighted by atomic mass is 10.1. The molecule has 0 saturated carbocycles. The average Bonchev–Trinajstić information content (AvgIpc) is 2.71. The monoisotopic (exact) mass is 419 g/mol. The van der Waals surface area contributed by atoms with Crippen molar-refractivity contribution in [2.24, 2.45) is 0 Å². The van der Waals surface area contributed by atoms with Crippen LogP contribution in [0.3, 0.4) is 0 Å². The lowest BCUT2D eigenvalue weighted by molar-refractivity contribution is 0.182. The smallest absolute Gasteiger partial charge is 0.246 e. The van der Waals surface area contributed by atoms with E-state index in [0.29, 0.717) is 32.7 Å². The van der Waals surface area contributed by atoms with Gasteiger partial charge in [0.15, 0.2) is 5.82 Å². The minimum absolute atomic E-state index is 0.192. The zero-order chi connectivity index (χ0) is 19.7. The van der Waals surface area contributed by atoms with E-state index in [9.17, 15) is 12.8 Å². The molecular formula is C20H19ClFN3O2S. The number of aromatic nitrogens is 1. The fourth-order valence-electron chi connectivity index (χ4n) is 3.49. The summed E-state index contributed by atoms with van der Waals surface area (Å²) >= 11 is 5.75. The van der Waals surface area contributed by atoms with Crippen LogP contribution in [0.2, 0.25) is 5.02 Å². The second-order valence-electron chi connectivity index (χ2n) is 6.72. The average molecular weight is 420 g/mol. The number of benzene rings is 2. The Labute approximate surface area is 168 Å². The first-order valence-electron chi connectivity index (χ1n) is 8.96. The molecule has 0 atom stereocenters. The Bertz CT molecular complexity index is 1110. The van der Waals surface area contributed by atoms with E-state index in [1.807, 2.05) is 30.3 Å². The molecule has 146 valence electrons.